The van der Waals surface area contributed by atoms with E-state index in [2.05, 4.69) is 4.98 Å². The number of aliphatic hydroxyl groups is 1. The summed E-state index contributed by atoms with van der Waals surface area (Å²) in [4.78, 5) is 14.0. The summed E-state index contributed by atoms with van der Waals surface area (Å²) >= 11 is 0. The summed E-state index contributed by atoms with van der Waals surface area (Å²) in [5.74, 6) is -0.665. The molecule has 7 nitrogen and oxygen atoms in total. The first-order valence-electron chi connectivity index (χ1n) is 5.08. The van der Waals surface area contributed by atoms with Gasteiger partial charge in [0, 0.05) is 12.6 Å². The minimum absolute atomic E-state index is 0.147. The van der Waals surface area contributed by atoms with E-state index in [9.17, 15) is 23.3 Å². The number of alkyl halides is 3. The van der Waals surface area contributed by atoms with Gasteiger partial charge < -0.3 is 15.7 Å². The van der Waals surface area contributed by atoms with Crippen LogP contribution in [0.25, 0.3) is 0 Å². The van der Waals surface area contributed by atoms with Crippen molar-refractivity contribution in [2.45, 2.75) is 6.18 Å². The molecule has 10 heteroatoms. The van der Waals surface area contributed by atoms with Gasteiger partial charge in [0.2, 0.25) is 5.82 Å². The SMILES string of the molecule is Nc1ccc([N+](=O)[O-])c(N(CCO)CC(F)(F)F)n1. The summed E-state index contributed by atoms with van der Waals surface area (Å²) < 4.78 is 37.2. The smallest absolute Gasteiger partial charge is 0.395 e. The Morgan fingerprint density at radius 1 is 1.47 bits per heavy atom. The van der Waals surface area contributed by atoms with Crippen molar-refractivity contribution in [3.63, 3.8) is 0 Å². The van der Waals surface area contributed by atoms with Crippen molar-refractivity contribution in [1.82, 2.24) is 4.98 Å². The molecule has 0 unspecified atom stereocenters. The van der Waals surface area contributed by atoms with E-state index in [1.807, 2.05) is 0 Å². The lowest BCUT2D eigenvalue weighted by Crippen LogP contribution is -2.37. The second-order valence-corrected chi connectivity index (χ2v) is 3.60. The van der Waals surface area contributed by atoms with Crippen molar-refractivity contribution >= 4 is 17.3 Å². The van der Waals surface area contributed by atoms with Gasteiger partial charge in [0.1, 0.15) is 12.4 Å². The number of nitrogen functional groups attached to an aromatic ring is 1. The molecule has 1 aromatic heterocycles. The highest BCUT2D eigenvalue weighted by Crippen LogP contribution is 2.29. The maximum Gasteiger partial charge on any atom is 0.405 e. The lowest BCUT2D eigenvalue weighted by molar-refractivity contribution is -0.384. The molecule has 1 heterocycles. The predicted molar refractivity (Wildman–Crippen MR) is 60.7 cm³/mol. The highest BCUT2D eigenvalue weighted by atomic mass is 19.4. The fourth-order valence-corrected chi connectivity index (χ4v) is 1.43. The largest absolute Gasteiger partial charge is 0.405 e. The quantitative estimate of drug-likeness (QED) is 0.614. The van der Waals surface area contributed by atoms with E-state index in [1.165, 1.54) is 0 Å². The number of anilines is 2. The van der Waals surface area contributed by atoms with Gasteiger partial charge in [0.05, 0.1) is 11.5 Å². The van der Waals surface area contributed by atoms with Crippen molar-refractivity contribution in [3.8, 4) is 0 Å². The second kappa shape index (κ2) is 5.69. The van der Waals surface area contributed by atoms with Gasteiger partial charge in [0.15, 0.2) is 0 Å². The number of hydrogen-bond donors (Lipinski definition) is 2. The number of halogens is 3. The summed E-state index contributed by atoms with van der Waals surface area (Å²) in [5, 5.41) is 19.5. The number of rotatable bonds is 5. The normalized spacial score (nSPS) is 11.4. The zero-order valence-electron chi connectivity index (χ0n) is 9.59. The maximum absolute atomic E-state index is 12.4. The monoisotopic (exact) mass is 280 g/mol. The van der Waals surface area contributed by atoms with Crippen LogP contribution in [0.1, 0.15) is 0 Å². The van der Waals surface area contributed by atoms with Gasteiger partial charge >= 0.3 is 11.9 Å². The molecule has 0 aliphatic carbocycles. The molecule has 0 aliphatic heterocycles. The maximum atomic E-state index is 12.4. The van der Waals surface area contributed by atoms with Crippen molar-refractivity contribution in [2.24, 2.45) is 0 Å². The van der Waals surface area contributed by atoms with Crippen molar-refractivity contribution < 1.29 is 23.2 Å². The van der Waals surface area contributed by atoms with Crippen LogP contribution in [0.5, 0.6) is 0 Å². The number of aromatic nitrogens is 1. The molecule has 0 amide bonds. The molecule has 106 valence electrons. The summed E-state index contributed by atoms with van der Waals surface area (Å²) in [5.41, 5.74) is 4.72. The van der Waals surface area contributed by atoms with Crippen LogP contribution in [0, 0.1) is 10.1 Å². The van der Waals surface area contributed by atoms with Crippen molar-refractivity contribution in [2.75, 3.05) is 30.3 Å². The summed E-state index contributed by atoms with van der Waals surface area (Å²) in [6.07, 6.45) is -4.59. The van der Waals surface area contributed by atoms with Gasteiger partial charge in [-0.05, 0) is 6.07 Å². The lowest BCUT2D eigenvalue weighted by Gasteiger charge is -2.23. The fraction of sp³-hybridized carbons (Fsp3) is 0.444. The zero-order valence-corrected chi connectivity index (χ0v) is 9.59. The molecule has 0 aliphatic rings. The van der Waals surface area contributed by atoms with Gasteiger partial charge in [-0.1, -0.05) is 0 Å². The van der Waals surface area contributed by atoms with Gasteiger partial charge in [-0.15, -0.1) is 0 Å². The van der Waals surface area contributed by atoms with E-state index in [1.54, 1.807) is 0 Å². The Labute approximate surface area is 105 Å². The minimum Gasteiger partial charge on any atom is -0.395 e. The third kappa shape index (κ3) is 4.25. The van der Waals surface area contributed by atoms with Crippen molar-refractivity contribution in [3.05, 3.63) is 22.2 Å². The molecule has 3 N–H and O–H groups in total. The Morgan fingerprint density at radius 3 is 2.58 bits per heavy atom. The topological polar surface area (TPSA) is 106 Å². The Hall–Kier alpha value is -2.10. The Kier molecular flexibility index (Phi) is 4.48. The van der Waals surface area contributed by atoms with Crippen LogP contribution >= 0.6 is 0 Å². The fourth-order valence-electron chi connectivity index (χ4n) is 1.43. The molecule has 19 heavy (non-hydrogen) atoms. The summed E-state index contributed by atoms with van der Waals surface area (Å²) in [6, 6.07) is 2.09. The second-order valence-electron chi connectivity index (χ2n) is 3.60. The lowest BCUT2D eigenvalue weighted by atomic mass is 10.3. The third-order valence-corrected chi connectivity index (χ3v) is 2.11. The standard InChI is InChI=1S/C9H11F3N4O3/c10-9(11,12)5-15(3-4-17)8-6(16(18)19)1-2-7(13)14-8/h1-2,17H,3-5H2,(H2,13,14). The van der Waals surface area contributed by atoms with E-state index >= 15 is 0 Å². The molecule has 1 aromatic rings. The molecule has 0 atom stereocenters. The molecule has 0 saturated carbocycles. The van der Waals surface area contributed by atoms with E-state index in [4.69, 9.17) is 10.8 Å². The van der Waals surface area contributed by atoms with Crippen LogP contribution in [0.2, 0.25) is 0 Å². The first-order valence-corrected chi connectivity index (χ1v) is 5.08. The van der Waals surface area contributed by atoms with Gasteiger partial charge in [0.25, 0.3) is 0 Å². The number of nitro groups is 1. The number of hydrogen-bond acceptors (Lipinski definition) is 6. The average Bonchev–Trinajstić information content (AvgIpc) is 2.26. The highest BCUT2D eigenvalue weighted by molar-refractivity contribution is 5.61. The molecular weight excluding hydrogens is 269 g/mol. The molecule has 0 aromatic carbocycles. The molecule has 0 bridgehead atoms. The Bertz CT molecular complexity index is 467. The van der Waals surface area contributed by atoms with Crippen LogP contribution in [0.3, 0.4) is 0 Å². The van der Waals surface area contributed by atoms with Crippen LogP contribution in [-0.4, -0.2) is 40.9 Å². The number of pyridine rings is 1. The molecular formula is C9H11F3N4O3. The number of nitrogens with two attached hydrogens (primary N) is 1. The van der Waals surface area contributed by atoms with Crippen LogP contribution in [0.4, 0.5) is 30.5 Å². The molecule has 0 radical (unpaired) electrons. The average molecular weight is 280 g/mol. The predicted octanol–water partition coefficient (Wildman–Crippen LogP) is 0.933. The van der Waals surface area contributed by atoms with Crippen LogP contribution in [-0.2, 0) is 0 Å². The van der Waals surface area contributed by atoms with E-state index in [0.717, 1.165) is 12.1 Å². The molecule has 0 spiro atoms. The summed E-state index contributed by atoms with van der Waals surface area (Å²) in [7, 11) is 0. The third-order valence-electron chi connectivity index (χ3n) is 2.11. The Morgan fingerprint density at radius 2 is 2.11 bits per heavy atom. The van der Waals surface area contributed by atoms with E-state index < -0.39 is 42.3 Å². The zero-order chi connectivity index (χ0) is 14.6. The number of nitrogens with zero attached hydrogens (tertiary/aromatic N) is 3. The first-order chi connectivity index (χ1) is 8.74. The Balaban J connectivity index is 3.20. The minimum atomic E-state index is -4.59. The van der Waals surface area contributed by atoms with E-state index in [-0.39, 0.29) is 5.82 Å². The number of aliphatic hydroxyl groups excluding tert-OH is 1. The first kappa shape index (κ1) is 15.0. The van der Waals surface area contributed by atoms with Crippen molar-refractivity contribution in [1.29, 1.82) is 0 Å². The van der Waals surface area contributed by atoms with Gasteiger partial charge in [-0.2, -0.15) is 13.2 Å². The van der Waals surface area contributed by atoms with E-state index in [0.29, 0.717) is 4.90 Å². The molecule has 0 saturated heterocycles. The van der Waals surface area contributed by atoms with Crippen LogP contribution < -0.4 is 10.6 Å². The van der Waals surface area contributed by atoms with Gasteiger partial charge in [-0.3, -0.25) is 10.1 Å². The molecule has 0 fully saturated rings. The van der Waals surface area contributed by atoms with Crippen LogP contribution in [0.15, 0.2) is 12.1 Å². The van der Waals surface area contributed by atoms with Gasteiger partial charge in [-0.25, -0.2) is 4.98 Å². The molecule has 1 rings (SSSR count). The highest BCUT2D eigenvalue weighted by Gasteiger charge is 2.34. The summed E-state index contributed by atoms with van der Waals surface area (Å²) in [6.45, 7) is -2.52.